The van der Waals surface area contributed by atoms with E-state index in [2.05, 4.69) is 53.8 Å². The molecule has 0 aromatic carbocycles. The molecular formula is C15H33NO. The molecule has 0 aromatic rings. The molecule has 0 radical (unpaired) electrons. The van der Waals surface area contributed by atoms with Gasteiger partial charge in [0.05, 0.1) is 5.60 Å². The van der Waals surface area contributed by atoms with Gasteiger partial charge in [-0.15, -0.1) is 0 Å². The lowest BCUT2D eigenvalue weighted by Crippen LogP contribution is -2.40. The van der Waals surface area contributed by atoms with Gasteiger partial charge in [-0.3, -0.25) is 0 Å². The number of rotatable bonds is 8. The largest absolute Gasteiger partial charge is 0.379 e. The fourth-order valence-corrected chi connectivity index (χ4v) is 1.71. The van der Waals surface area contributed by atoms with Crippen molar-refractivity contribution in [3.05, 3.63) is 0 Å². The molecule has 2 heteroatoms. The third-order valence-corrected chi connectivity index (χ3v) is 4.16. The molecule has 0 aliphatic heterocycles. The minimum Gasteiger partial charge on any atom is -0.379 e. The maximum Gasteiger partial charge on any atom is 0.0623 e. The van der Waals surface area contributed by atoms with Crippen molar-refractivity contribution < 1.29 is 4.74 Å². The van der Waals surface area contributed by atoms with Crippen molar-refractivity contribution in [1.82, 2.24) is 5.32 Å². The standard InChI is InChI=1S/C15H33NO/c1-12(2)15(7,11-16-13(3)4)10-9-14(5,6)17-8/h12-13,16H,9-11H2,1-8H3. The summed E-state index contributed by atoms with van der Waals surface area (Å²) in [6, 6.07) is 0.559. The van der Waals surface area contributed by atoms with Crippen LogP contribution in [0.2, 0.25) is 0 Å². The van der Waals surface area contributed by atoms with Crippen LogP contribution in [0.15, 0.2) is 0 Å². The summed E-state index contributed by atoms with van der Waals surface area (Å²) in [5.74, 6) is 0.682. The molecule has 0 spiro atoms. The molecule has 0 rings (SSSR count). The third-order valence-electron chi connectivity index (χ3n) is 4.16. The van der Waals surface area contributed by atoms with Crippen LogP contribution in [0.4, 0.5) is 0 Å². The van der Waals surface area contributed by atoms with Crippen molar-refractivity contribution in [3.8, 4) is 0 Å². The molecule has 0 aromatic heterocycles. The second kappa shape index (κ2) is 6.75. The lowest BCUT2D eigenvalue weighted by Gasteiger charge is -2.37. The van der Waals surface area contributed by atoms with Gasteiger partial charge in [-0.2, -0.15) is 0 Å². The van der Waals surface area contributed by atoms with Crippen LogP contribution in [0.5, 0.6) is 0 Å². The summed E-state index contributed by atoms with van der Waals surface area (Å²) in [6.07, 6.45) is 2.31. The minimum atomic E-state index is -0.00597. The van der Waals surface area contributed by atoms with E-state index in [1.807, 2.05) is 0 Å². The topological polar surface area (TPSA) is 21.3 Å². The van der Waals surface area contributed by atoms with E-state index in [-0.39, 0.29) is 5.60 Å². The zero-order valence-electron chi connectivity index (χ0n) is 13.2. The molecule has 2 nitrogen and oxygen atoms in total. The highest BCUT2D eigenvalue weighted by molar-refractivity contribution is 4.84. The molecule has 0 amide bonds. The Morgan fingerprint density at radius 2 is 1.53 bits per heavy atom. The van der Waals surface area contributed by atoms with Crippen LogP contribution in [-0.2, 0) is 4.74 Å². The summed E-state index contributed by atoms with van der Waals surface area (Å²) >= 11 is 0. The monoisotopic (exact) mass is 243 g/mol. The molecule has 0 aliphatic carbocycles. The van der Waals surface area contributed by atoms with Gasteiger partial charge < -0.3 is 10.1 Å². The van der Waals surface area contributed by atoms with Gasteiger partial charge in [-0.1, -0.05) is 34.6 Å². The number of hydrogen-bond donors (Lipinski definition) is 1. The molecular weight excluding hydrogens is 210 g/mol. The average molecular weight is 243 g/mol. The number of ether oxygens (including phenoxy) is 1. The summed E-state index contributed by atoms with van der Waals surface area (Å²) in [6.45, 7) is 16.9. The van der Waals surface area contributed by atoms with Crippen LogP contribution < -0.4 is 5.32 Å². The van der Waals surface area contributed by atoms with E-state index in [9.17, 15) is 0 Å². The molecule has 0 saturated carbocycles. The fourth-order valence-electron chi connectivity index (χ4n) is 1.71. The highest BCUT2D eigenvalue weighted by Crippen LogP contribution is 2.34. The Balaban J connectivity index is 4.41. The lowest BCUT2D eigenvalue weighted by molar-refractivity contribution is 0.000204. The van der Waals surface area contributed by atoms with E-state index >= 15 is 0 Å². The highest BCUT2D eigenvalue weighted by Gasteiger charge is 2.30. The zero-order valence-corrected chi connectivity index (χ0v) is 13.2. The van der Waals surface area contributed by atoms with E-state index < -0.39 is 0 Å². The van der Waals surface area contributed by atoms with E-state index in [0.29, 0.717) is 17.4 Å². The van der Waals surface area contributed by atoms with Crippen molar-refractivity contribution >= 4 is 0 Å². The van der Waals surface area contributed by atoms with Crippen molar-refractivity contribution in [2.75, 3.05) is 13.7 Å². The number of nitrogens with one attached hydrogen (secondary N) is 1. The number of methoxy groups -OCH3 is 1. The summed E-state index contributed by atoms with van der Waals surface area (Å²) in [4.78, 5) is 0. The Labute approximate surface area is 109 Å². The SMILES string of the molecule is COC(C)(C)CCC(C)(CNC(C)C)C(C)C. The predicted molar refractivity (Wildman–Crippen MR) is 76.4 cm³/mol. The van der Waals surface area contributed by atoms with Gasteiger partial charge in [-0.05, 0) is 38.0 Å². The highest BCUT2D eigenvalue weighted by atomic mass is 16.5. The normalized spacial score (nSPS) is 16.6. The molecule has 0 saturated heterocycles. The number of hydrogen-bond acceptors (Lipinski definition) is 2. The van der Waals surface area contributed by atoms with Crippen LogP contribution in [0, 0.1) is 11.3 Å². The minimum absolute atomic E-state index is 0.00597. The van der Waals surface area contributed by atoms with Crippen LogP contribution in [0.1, 0.15) is 61.3 Å². The Morgan fingerprint density at radius 1 is 1.00 bits per heavy atom. The van der Waals surface area contributed by atoms with Gasteiger partial charge in [-0.25, -0.2) is 0 Å². The molecule has 1 atom stereocenters. The Kier molecular flexibility index (Phi) is 6.71. The maximum absolute atomic E-state index is 5.52. The zero-order chi connectivity index (χ0) is 13.7. The molecule has 0 heterocycles. The first-order chi connectivity index (χ1) is 7.63. The van der Waals surface area contributed by atoms with Gasteiger partial charge in [0.2, 0.25) is 0 Å². The van der Waals surface area contributed by atoms with Gasteiger partial charge in [0.25, 0.3) is 0 Å². The quantitative estimate of drug-likeness (QED) is 0.699. The third kappa shape index (κ3) is 6.42. The Bertz CT molecular complexity index is 211. The molecule has 104 valence electrons. The molecule has 0 fully saturated rings. The lowest BCUT2D eigenvalue weighted by atomic mass is 9.73. The van der Waals surface area contributed by atoms with Gasteiger partial charge in [0.1, 0.15) is 0 Å². The van der Waals surface area contributed by atoms with E-state index in [1.165, 1.54) is 6.42 Å². The van der Waals surface area contributed by atoms with Crippen LogP contribution >= 0.6 is 0 Å². The van der Waals surface area contributed by atoms with E-state index in [0.717, 1.165) is 13.0 Å². The molecule has 17 heavy (non-hydrogen) atoms. The van der Waals surface area contributed by atoms with Gasteiger partial charge in [0.15, 0.2) is 0 Å². The fraction of sp³-hybridized carbons (Fsp3) is 1.00. The van der Waals surface area contributed by atoms with Gasteiger partial charge in [0, 0.05) is 19.7 Å². The first-order valence-corrected chi connectivity index (χ1v) is 6.91. The van der Waals surface area contributed by atoms with Crippen molar-refractivity contribution in [2.24, 2.45) is 11.3 Å². The van der Waals surface area contributed by atoms with Crippen LogP contribution in [-0.4, -0.2) is 25.3 Å². The van der Waals surface area contributed by atoms with Crippen molar-refractivity contribution in [2.45, 2.75) is 73.0 Å². The second-order valence-electron chi connectivity index (χ2n) is 6.81. The Hall–Kier alpha value is -0.0800. The summed E-state index contributed by atoms with van der Waals surface area (Å²) < 4.78 is 5.52. The van der Waals surface area contributed by atoms with E-state index in [1.54, 1.807) is 7.11 Å². The molecule has 0 aliphatic rings. The van der Waals surface area contributed by atoms with E-state index in [4.69, 9.17) is 4.74 Å². The molecule has 0 bridgehead atoms. The van der Waals surface area contributed by atoms with Crippen molar-refractivity contribution in [1.29, 1.82) is 0 Å². The molecule has 1 N–H and O–H groups in total. The summed E-state index contributed by atoms with van der Waals surface area (Å²) in [7, 11) is 1.80. The average Bonchev–Trinajstić information content (AvgIpc) is 2.23. The predicted octanol–water partition coefficient (Wildman–Crippen LogP) is 3.85. The van der Waals surface area contributed by atoms with Gasteiger partial charge >= 0.3 is 0 Å². The summed E-state index contributed by atoms with van der Waals surface area (Å²) in [5.41, 5.74) is 0.341. The Morgan fingerprint density at radius 3 is 1.88 bits per heavy atom. The maximum atomic E-state index is 5.52. The molecule has 1 unspecified atom stereocenters. The van der Waals surface area contributed by atoms with Crippen LogP contribution in [0.3, 0.4) is 0 Å². The van der Waals surface area contributed by atoms with Crippen molar-refractivity contribution in [3.63, 3.8) is 0 Å². The first-order valence-electron chi connectivity index (χ1n) is 6.91. The summed E-state index contributed by atoms with van der Waals surface area (Å²) in [5, 5.41) is 3.58. The smallest absolute Gasteiger partial charge is 0.0623 e. The van der Waals surface area contributed by atoms with Crippen LogP contribution in [0.25, 0.3) is 0 Å². The second-order valence-corrected chi connectivity index (χ2v) is 6.81. The first kappa shape index (κ1) is 16.9.